The van der Waals surface area contributed by atoms with Crippen LogP contribution in [0.15, 0.2) is 46.5 Å². The zero-order valence-corrected chi connectivity index (χ0v) is 16.9. The lowest BCUT2D eigenvalue weighted by Crippen LogP contribution is -2.37. The predicted molar refractivity (Wildman–Crippen MR) is 101 cm³/mol. The summed E-state index contributed by atoms with van der Waals surface area (Å²) in [7, 11) is 4.37. The highest BCUT2D eigenvalue weighted by Gasteiger charge is 2.39. The van der Waals surface area contributed by atoms with Crippen molar-refractivity contribution < 1.29 is 32.2 Å². The van der Waals surface area contributed by atoms with Crippen LogP contribution in [0, 0.1) is 0 Å². The minimum absolute atomic E-state index is 0.125. The molecule has 10 heteroatoms. The van der Waals surface area contributed by atoms with E-state index in [4.69, 9.17) is 25.8 Å². The molecule has 0 saturated heterocycles. The van der Waals surface area contributed by atoms with Crippen molar-refractivity contribution in [1.82, 2.24) is 5.43 Å². The molecule has 0 radical (unpaired) electrons. The van der Waals surface area contributed by atoms with E-state index in [2.05, 4.69) is 10.5 Å². The Bertz CT molecular complexity index is 881. The molecule has 1 aromatic carbocycles. The maximum absolute atomic E-state index is 12.9. The van der Waals surface area contributed by atoms with Crippen LogP contribution in [0.5, 0.6) is 0 Å². The fourth-order valence-electron chi connectivity index (χ4n) is 2.84. The number of hydrazone groups is 1. The first-order valence-electron chi connectivity index (χ1n) is 8.34. The molecule has 6 nitrogen and oxygen atoms in total. The molecule has 0 fully saturated rings. The summed E-state index contributed by atoms with van der Waals surface area (Å²) in [6.07, 6.45) is -1.83. The molecule has 1 aromatic rings. The standard InChI is InChI=1S/C19H20ClF3N2O4/c1-18(29-4)9-12(8-15(27-2)16(18)28-3)17(26)25-24-10-11-5-6-14(20)13(7-11)19(21,22)23/h5-8,10H,9H2,1-4H3,(H,25,26)/b24-10+. The van der Waals surface area contributed by atoms with Crippen molar-refractivity contribution in [3.63, 3.8) is 0 Å². The van der Waals surface area contributed by atoms with Crippen LogP contribution in [-0.2, 0) is 25.2 Å². The molecule has 0 heterocycles. The van der Waals surface area contributed by atoms with E-state index in [1.807, 2.05) is 0 Å². The summed E-state index contributed by atoms with van der Waals surface area (Å²) in [5, 5.41) is 3.31. The third kappa shape index (κ3) is 5.10. The van der Waals surface area contributed by atoms with Gasteiger partial charge in [0.15, 0.2) is 11.5 Å². The van der Waals surface area contributed by atoms with Gasteiger partial charge in [-0.05, 0) is 30.7 Å². The molecule has 0 saturated carbocycles. The molecule has 2 rings (SSSR count). The Labute approximate surface area is 171 Å². The van der Waals surface area contributed by atoms with E-state index in [-0.39, 0.29) is 12.0 Å². The minimum Gasteiger partial charge on any atom is -0.494 e. The molecule has 0 aromatic heterocycles. The lowest BCUT2D eigenvalue weighted by molar-refractivity contribution is -0.137. The van der Waals surface area contributed by atoms with Gasteiger partial charge in [-0.2, -0.15) is 18.3 Å². The van der Waals surface area contributed by atoms with Crippen molar-refractivity contribution in [2.45, 2.75) is 25.1 Å². The van der Waals surface area contributed by atoms with Gasteiger partial charge in [0.2, 0.25) is 0 Å². The second kappa shape index (κ2) is 8.87. The van der Waals surface area contributed by atoms with E-state index in [0.29, 0.717) is 17.1 Å². The third-order valence-electron chi connectivity index (χ3n) is 4.38. The summed E-state index contributed by atoms with van der Waals surface area (Å²) in [5.74, 6) is 0.201. The number of nitrogens with zero attached hydrogens (tertiary/aromatic N) is 1. The molecule has 1 aliphatic rings. The average molecular weight is 433 g/mol. The number of carbonyl (C=O) groups excluding carboxylic acids is 1. The number of nitrogens with one attached hydrogen (secondary N) is 1. The van der Waals surface area contributed by atoms with Gasteiger partial charge in [0.05, 0.1) is 31.0 Å². The molecule has 0 aliphatic heterocycles. The normalized spacial score (nSPS) is 19.9. The average Bonchev–Trinajstić information content (AvgIpc) is 2.67. The Morgan fingerprint density at radius 1 is 1.28 bits per heavy atom. The highest BCUT2D eigenvalue weighted by molar-refractivity contribution is 6.31. The molecule has 1 unspecified atom stereocenters. The number of alkyl halides is 3. The maximum Gasteiger partial charge on any atom is 0.417 e. The number of halogens is 4. The highest BCUT2D eigenvalue weighted by atomic mass is 35.5. The second-order valence-corrected chi connectivity index (χ2v) is 6.73. The summed E-state index contributed by atoms with van der Waals surface area (Å²) in [5.41, 5.74) is 0.802. The van der Waals surface area contributed by atoms with Crippen LogP contribution in [0.4, 0.5) is 13.2 Å². The van der Waals surface area contributed by atoms with E-state index in [0.717, 1.165) is 18.3 Å². The van der Waals surface area contributed by atoms with E-state index in [1.54, 1.807) is 6.92 Å². The Kier molecular flexibility index (Phi) is 6.97. The quantitative estimate of drug-likeness (QED) is 0.544. The molecular formula is C19H20ClF3N2O4. The molecule has 0 bridgehead atoms. The number of rotatable bonds is 6. The first-order valence-corrected chi connectivity index (χ1v) is 8.72. The second-order valence-electron chi connectivity index (χ2n) is 6.32. The Balaban J connectivity index is 2.19. The van der Waals surface area contributed by atoms with Gasteiger partial charge >= 0.3 is 6.18 Å². The number of methoxy groups -OCH3 is 3. The molecule has 29 heavy (non-hydrogen) atoms. The number of amides is 1. The molecule has 1 amide bonds. The van der Waals surface area contributed by atoms with Crippen LogP contribution in [-0.4, -0.2) is 39.1 Å². The van der Waals surface area contributed by atoms with Crippen LogP contribution in [0.3, 0.4) is 0 Å². The first-order chi connectivity index (χ1) is 13.6. The van der Waals surface area contributed by atoms with Crippen LogP contribution in [0.2, 0.25) is 5.02 Å². The van der Waals surface area contributed by atoms with Gasteiger partial charge in [0.1, 0.15) is 5.60 Å². The topological polar surface area (TPSA) is 69.2 Å². The number of allylic oxidation sites excluding steroid dienone is 1. The Hall–Kier alpha value is -2.52. The van der Waals surface area contributed by atoms with Gasteiger partial charge in [-0.15, -0.1) is 0 Å². The maximum atomic E-state index is 12.9. The molecular weight excluding hydrogens is 413 g/mol. The van der Waals surface area contributed by atoms with Gasteiger partial charge < -0.3 is 14.2 Å². The van der Waals surface area contributed by atoms with Gasteiger partial charge in [-0.3, -0.25) is 4.79 Å². The lowest BCUT2D eigenvalue weighted by atomic mass is 9.88. The van der Waals surface area contributed by atoms with E-state index >= 15 is 0 Å². The monoisotopic (exact) mass is 432 g/mol. The highest BCUT2D eigenvalue weighted by Crippen LogP contribution is 2.37. The van der Waals surface area contributed by atoms with Gasteiger partial charge in [-0.1, -0.05) is 17.7 Å². The Morgan fingerprint density at radius 2 is 1.97 bits per heavy atom. The van der Waals surface area contributed by atoms with Gasteiger partial charge in [-0.25, -0.2) is 5.43 Å². The summed E-state index contributed by atoms with van der Waals surface area (Å²) in [6.45, 7) is 1.74. The van der Waals surface area contributed by atoms with Gasteiger partial charge in [0.25, 0.3) is 5.91 Å². The van der Waals surface area contributed by atoms with E-state index in [1.165, 1.54) is 33.5 Å². The number of ether oxygens (including phenoxy) is 3. The number of benzene rings is 1. The summed E-state index contributed by atoms with van der Waals surface area (Å²) in [4.78, 5) is 12.5. The van der Waals surface area contributed by atoms with E-state index < -0.39 is 28.3 Å². The smallest absolute Gasteiger partial charge is 0.417 e. The number of hydrogen-bond donors (Lipinski definition) is 1. The third-order valence-corrected chi connectivity index (χ3v) is 4.71. The predicted octanol–water partition coefficient (Wildman–Crippen LogP) is 4.05. The zero-order chi connectivity index (χ0) is 21.8. The van der Waals surface area contributed by atoms with Crippen molar-refractivity contribution >= 4 is 23.7 Å². The SMILES string of the molecule is COC1=C(OC)C(C)(OC)CC(C(=O)N/N=C/c2ccc(Cl)c(C(F)(F)F)c2)=C1. The lowest BCUT2D eigenvalue weighted by Gasteiger charge is -2.34. The number of carbonyl (C=O) groups is 1. The van der Waals surface area contributed by atoms with Crippen molar-refractivity contribution in [3.8, 4) is 0 Å². The molecule has 1 N–H and O–H groups in total. The summed E-state index contributed by atoms with van der Waals surface area (Å²) in [6, 6.07) is 3.31. The summed E-state index contributed by atoms with van der Waals surface area (Å²) >= 11 is 5.58. The minimum atomic E-state index is -4.59. The fourth-order valence-corrected chi connectivity index (χ4v) is 3.06. The van der Waals surface area contributed by atoms with E-state index in [9.17, 15) is 18.0 Å². The molecule has 0 spiro atoms. The van der Waals surface area contributed by atoms with Crippen molar-refractivity contribution in [2.24, 2.45) is 5.10 Å². The first kappa shape index (κ1) is 22.8. The van der Waals surface area contributed by atoms with Crippen molar-refractivity contribution in [3.05, 3.63) is 57.5 Å². The molecule has 158 valence electrons. The van der Waals surface area contributed by atoms with Crippen molar-refractivity contribution in [1.29, 1.82) is 0 Å². The van der Waals surface area contributed by atoms with Crippen LogP contribution in [0.25, 0.3) is 0 Å². The van der Waals surface area contributed by atoms with Crippen LogP contribution >= 0.6 is 11.6 Å². The van der Waals surface area contributed by atoms with Gasteiger partial charge in [0, 0.05) is 19.1 Å². The summed E-state index contributed by atoms with van der Waals surface area (Å²) < 4.78 is 54.8. The van der Waals surface area contributed by atoms with Crippen LogP contribution in [0.1, 0.15) is 24.5 Å². The number of hydrogen-bond acceptors (Lipinski definition) is 5. The molecule has 1 atom stereocenters. The Morgan fingerprint density at radius 3 is 2.52 bits per heavy atom. The largest absolute Gasteiger partial charge is 0.494 e. The zero-order valence-electron chi connectivity index (χ0n) is 16.2. The fraction of sp³-hybridized carbons (Fsp3) is 0.368. The molecule has 1 aliphatic carbocycles. The van der Waals surface area contributed by atoms with Crippen LogP contribution < -0.4 is 5.43 Å². The van der Waals surface area contributed by atoms with Crippen molar-refractivity contribution in [2.75, 3.05) is 21.3 Å².